The summed E-state index contributed by atoms with van der Waals surface area (Å²) in [5.41, 5.74) is 1.97. The molecule has 0 N–H and O–H groups in total. The van der Waals surface area contributed by atoms with E-state index < -0.39 is 0 Å². The van der Waals surface area contributed by atoms with Gasteiger partial charge < -0.3 is 9.42 Å². The number of hydrogen-bond acceptors (Lipinski definition) is 7. The van der Waals surface area contributed by atoms with Crippen molar-refractivity contribution in [2.75, 3.05) is 31.1 Å². The molecule has 1 aliphatic rings. The number of aryl methyl sites for hydroxylation is 1. The van der Waals surface area contributed by atoms with Gasteiger partial charge in [-0.25, -0.2) is 9.50 Å². The maximum atomic E-state index is 5.26. The zero-order chi connectivity index (χ0) is 19.0. The predicted octanol–water partition coefficient (Wildman–Crippen LogP) is 2.43. The van der Waals surface area contributed by atoms with Gasteiger partial charge in [0.2, 0.25) is 5.89 Å². The molecule has 0 radical (unpaired) electrons. The highest BCUT2D eigenvalue weighted by Gasteiger charge is 2.20. The first-order valence-electron chi connectivity index (χ1n) is 9.52. The van der Waals surface area contributed by atoms with Crippen LogP contribution in [0.3, 0.4) is 0 Å². The van der Waals surface area contributed by atoms with E-state index in [9.17, 15) is 0 Å². The Hall–Kier alpha value is -2.48. The number of nitrogens with zero attached hydrogens (tertiary/aromatic N) is 7. The van der Waals surface area contributed by atoms with Crippen LogP contribution in [0.5, 0.6) is 0 Å². The molecule has 4 heterocycles. The Balaban J connectivity index is 1.47. The fourth-order valence-electron chi connectivity index (χ4n) is 3.36. The minimum absolute atomic E-state index is 0.0179. The third-order valence-electron chi connectivity index (χ3n) is 4.92. The first kappa shape index (κ1) is 17.9. The van der Waals surface area contributed by atoms with Gasteiger partial charge in [0.1, 0.15) is 5.82 Å². The molecule has 0 aromatic carbocycles. The van der Waals surface area contributed by atoms with Crippen LogP contribution in [-0.4, -0.2) is 55.8 Å². The lowest BCUT2D eigenvalue weighted by molar-refractivity contribution is 0.239. The van der Waals surface area contributed by atoms with E-state index >= 15 is 0 Å². The Labute approximate surface area is 159 Å². The maximum absolute atomic E-state index is 5.26. The van der Waals surface area contributed by atoms with Crippen LogP contribution in [0.15, 0.2) is 22.9 Å². The summed E-state index contributed by atoms with van der Waals surface area (Å²) in [5.74, 6) is 2.37. The number of aromatic nitrogens is 5. The van der Waals surface area contributed by atoms with Crippen LogP contribution in [0.2, 0.25) is 0 Å². The van der Waals surface area contributed by atoms with Crippen LogP contribution in [0.25, 0.3) is 5.65 Å². The molecule has 3 aromatic heterocycles. The molecule has 27 heavy (non-hydrogen) atoms. The van der Waals surface area contributed by atoms with Crippen molar-refractivity contribution in [2.45, 2.75) is 46.1 Å². The number of fused-ring (bicyclic) bond motifs is 1. The summed E-state index contributed by atoms with van der Waals surface area (Å²) < 4.78 is 7.16. The van der Waals surface area contributed by atoms with Gasteiger partial charge in [-0.2, -0.15) is 4.98 Å². The van der Waals surface area contributed by atoms with Crippen molar-refractivity contribution in [3.63, 3.8) is 0 Å². The number of hydrogen-bond donors (Lipinski definition) is 0. The van der Waals surface area contributed by atoms with E-state index in [0.29, 0.717) is 18.3 Å². The highest BCUT2D eigenvalue weighted by molar-refractivity contribution is 5.47. The average molecular weight is 369 g/mol. The lowest BCUT2D eigenvalue weighted by Crippen LogP contribution is -2.31. The van der Waals surface area contributed by atoms with Gasteiger partial charge in [0.15, 0.2) is 11.5 Å². The van der Waals surface area contributed by atoms with Crippen LogP contribution in [-0.2, 0) is 12.0 Å². The molecule has 0 saturated carbocycles. The van der Waals surface area contributed by atoms with Crippen molar-refractivity contribution in [1.29, 1.82) is 0 Å². The van der Waals surface area contributed by atoms with Gasteiger partial charge in [-0.3, -0.25) is 4.90 Å². The summed E-state index contributed by atoms with van der Waals surface area (Å²) >= 11 is 0. The molecule has 144 valence electrons. The van der Waals surface area contributed by atoms with Gasteiger partial charge in [-0.1, -0.05) is 25.9 Å². The molecule has 8 heteroatoms. The molecule has 1 saturated heterocycles. The fraction of sp³-hybridized carbons (Fsp3) is 0.579. The summed E-state index contributed by atoms with van der Waals surface area (Å²) in [5, 5.41) is 8.68. The predicted molar refractivity (Wildman–Crippen MR) is 103 cm³/mol. The van der Waals surface area contributed by atoms with Gasteiger partial charge in [0.25, 0.3) is 0 Å². The first-order valence-corrected chi connectivity index (χ1v) is 9.52. The Morgan fingerprint density at radius 2 is 1.93 bits per heavy atom. The zero-order valence-electron chi connectivity index (χ0n) is 16.5. The molecule has 1 fully saturated rings. The third-order valence-corrected chi connectivity index (χ3v) is 4.92. The van der Waals surface area contributed by atoms with Crippen molar-refractivity contribution in [3.05, 3.63) is 35.7 Å². The lowest BCUT2D eigenvalue weighted by atomic mass is 9.93. The van der Waals surface area contributed by atoms with Gasteiger partial charge in [0.05, 0.1) is 18.4 Å². The standard InChI is InChI=1S/C19H27N7O/c1-14-20-18(27-23-14)13-24-8-5-9-25(11-10-24)17-7-6-16-21-15(19(2,3)4)12-26(16)22-17/h6-7,12H,5,8-11,13H2,1-4H3. The van der Waals surface area contributed by atoms with Crippen molar-refractivity contribution in [3.8, 4) is 0 Å². The van der Waals surface area contributed by atoms with Crippen molar-refractivity contribution in [1.82, 2.24) is 29.6 Å². The summed E-state index contributed by atoms with van der Waals surface area (Å²) in [6, 6.07) is 4.13. The highest BCUT2D eigenvalue weighted by atomic mass is 16.5. The minimum atomic E-state index is 0.0179. The van der Waals surface area contributed by atoms with Gasteiger partial charge in [-0.15, -0.1) is 5.10 Å². The van der Waals surface area contributed by atoms with E-state index in [1.54, 1.807) is 0 Å². The second-order valence-corrected chi connectivity index (χ2v) is 8.22. The summed E-state index contributed by atoms with van der Waals surface area (Å²) in [7, 11) is 0. The van der Waals surface area contributed by atoms with E-state index in [2.05, 4.69) is 52.8 Å². The van der Waals surface area contributed by atoms with Crippen LogP contribution >= 0.6 is 0 Å². The van der Waals surface area contributed by atoms with E-state index in [4.69, 9.17) is 14.6 Å². The summed E-state index contributed by atoms with van der Waals surface area (Å²) in [4.78, 5) is 13.7. The van der Waals surface area contributed by atoms with E-state index in [0.717, 1.165) is 49.8 Å². The molecule has 0 atom stereocenters. The number of rotatable bonds is 3. The van der Waals surface area contributed by atoms with Crippen molar-refractivity contribution in [2.24, 2.45) is 0 Å². The Kier molecular flexibility index (Phi) is 4.59. The highest BCUT2D eigenvalue weighted by Crippen LogP contribution is 2.22. The number of imidazole rings is 1. The molecule has 3 aromatic rings. The maximum Gasteiger partial charge on any atom is 0.240 e. The van der Waals surface area contributed by atoms with Crippen molar-refractivity contribution >= 4 is 11.5 Å². The normalized spacial score (nSPS) is 16.8. The molecule has 8 nitrogen and oxygen atoms in total. The molecular formula is C19H27N7O. The molecule has 0 amide bonds. The van der Waals surface area contributed by atoms with Gasteiger partial charge in [-0.05, 0) is 25.5 Å². The molecular weight excluding hydrogens is 342 g/mol. The first-order chi connectivity index (χ1) is 12.9. The largest absolute Gasteiger partial charge is 0.354 e. The monoisotopic (exact) mass is 369 g/mol. The second-order valence-electron chi connectivity index (χ2n) is 8.22. The Morgan fingerprint density at radius 1 is 1.07 bits per heavy atom. The number of anilines is 1. The van der Waals surface area contributed by atoms with E-state index in [1.807, 2.05) is 17.6 Å². The fourth-order valence-corrected chi connectivity index (χ4v) is 3.36. The third kappa shape index (κ3) is 3.95. The van der Waals surface area contributed by atoms with Gasteiger partial charge >= 0.3 is 0 Å². The van der Waals surface area contributed by atoms with E-state index in [1.165, 1.54) is 0 Å². The smallest absolute Gasteiger partial charge is 0.240 e. The molecule has 1 aliphatic heterocycles. The van der Waals surface area contributed by atoms with Crippen LogP contribution in [0.4, 0.5) is 5.82 Å². The quantitative estimate of drug-likeness (QED) is 0.702. The Bertz CT molecular complexity index is 924. The molecule has 0 bridgehead atoms. The van der Waals surface area contributed by atoms with Crippen molar-refractivity contribution < 1.29 is 4.52 Å². The topological polar surface area (TPSA) is 75.6 Å². The molecule has 0 spiro atoms. The van der Waals surface area contributed by atoms with Crippen LogP contribution < -0.4 is 4.90 Å². The second kappa shape index (κ2) is 6.92. The van der Waals surface area contributed by atoms with Gasteiger partial charge in [0, 0.05) is 31.6 Å². The molecule has 4 rings (SSSR count). The molecule has 0 aliphatic carbocycles. The Morgan fingerprint density at radius 3 is 2.67 bits per heavy atom. The zero-order valence-corrected chi connectivity index (χ0v) is 16.5. The van der Waals surface area contributed by atoms with Crippen LogP contribution in [0, 0.1) is 6.92 Å². The average Bonchev–Trinajstić information content (AvgIpc) is 3.15. The van der Waals surface area contributed by atoms with E-state index in [-0.39, 0.29) is 5.41 Å². The summed E-state index contributed by atoms with van der Waals surface area (Å²) in [6.45, 7) is 12.9. The lowest BCUT2D eigenvalue weighted by Gasteiger charge is -2.22. The van der Waals surface area contributed by atoms with Crippen LogP contribution in [0.1, 0.15) is 44.6 Å². The SMILES string of the molecule is Cc1noc(CN2CCCN(c3ccc4nc(C(C)(C)C)cn4n3)CC2)n1. The molecule has 0 unspecified atom stereocenters. The minimum Gasteiger partial charge on any atom is -0.354 e. The summed E-state index contributed by atoms with van der Waals surface area (Å²) in [6.07, 6.45) is 3.12.